The molecule has 6 aromatic heterocycles. The highest BCUT2D eigenvalue weighted by Crippen LogP contribution is 2.19. The van der Waals surface area contributed by atoms with Crippen molar-refractivity contribution in [1.82, 2.24) is 24.5 Å². The van der Waals surface area contributed by atoms with Crippen molar-refractivity contribution in [2.75, 3.05) is 0 Å². The number of imidazole rings is 1. The van der Waals surface area contributed by atoms with E-state index in [1.54, 1.807) is 18.7 Å². The zero-order valence-corrected chi connectivity index (χ0v) is 33.4. The molecule has 0 saturated carbocycles. The summed E-state index contributed by atoms with van der Waals surface area (Å²) in [6, 6.07) is 21.0. The zero-order valence-electron chi connectivity index (χ0n) is 32.6. The molecule has 0 atom stereocenters. The van der Waals surface area contributed by atoms with Crippen molar-refractivity contribution in [3.8, 4) is 0 Å². The fraction of sp³-hybridized carbons (Fsp3) is 0.419. The Balaban J connectivity index is 0.000000300. The van der Waals surface area contributed by atoms with E-state index in [1.165, 1.54) is 21.7 Å². The van der Waals surface area contributed by atoms with Crippen LogP contribution in [-0.2, 0) is 0 Å². The molecule has 0 aliphatic carbocycles. The number of thiophene rings is 1. The first kappa shape index (κ1) is 43.8. The van der Waals surface area contributed by atoms with Crippen molar-refractivity contribution in [2.45, 2.75) is 119 Å². The second-order valence-electron chi connectivity index (χ2n) is 13.6. The molecule has 0 bridgehead atoms. The number of aromatic nitrogens is 5. The third-order valence-corrected chi connectivity index (χ3v) is 8.49. The molecule has 272 valence electrons. The smallest absolute Gasteiger partial charge is 0.106 e. The van der Waals surface area contributed by atoms with Gasteiger partial charge in [0.05, 0.1) is 12.6 Å². The molecule has 0 aliphatic rings. The number of hydrogen-bond acceptors (Lipinski definition) is 5. The topological polar surface area (TPSA) is 72.5 Å². The molecule has 1 N–H and O–H groups in total. The minimum atomic E-state index is 0.519. The molecule has 0 aliphatic heterocycles. The summed E-state index contributed by atoms with van der Waals surface area (Å²) < 4.78 is 7.15. The summed E-state index contributed by atoms with van der Waals surface area (Å²) in [6.45, 7) is 25.9. The van der Waals surface area contributed by atoms with E-state index in [-0.39, 0.29) is 0 Å². The van der Waals surface area contributed by atoms with Gasteiger partial charge in [0.1, 0.15) is 5.76 Å². The third kappa shape index (κ3) is 19.7. The van der Waals surface area contributed by atoms with Gasteiger partial charge in [-0.05, 0) is 103 Å². The summed E-state index contributed by atoms with van der Waals surface area (Å²) in [5.41, 5.74) is 3.97. The van der Waals surface area contributed by atoms with Crippen LogP contribution in [0.5, 0.6) is 0 Å². The molecule has 0 aromatic carbocycles. The van der Waals surface area contributed by atoms with Crippen LogP contribution in [0, 0.1) is 0 Å². The molecule has 6 aromatic rings. The van der Waals surface area contributed by atoms with Gasteiger partial charge in [-0.1, -0.05) is 81.4 Å². The number of nitrogens with one attached hydrogen (secondary N) is 1. The summed E-state index contributed by atoms with van der Waals surface area (Å²) >= 11 is 1.83. The first-order chi connectivity index (χ1) is 23.8. The van der Waals surface area contributed by atoms with Crippen molar-refractivity contribution in [3.63, 3.8) is 0 Å². The number of pyridine rings is 2. The van der Waals surface area contributed by atoms with Gasteiger partial charge in [-0.25, -0.2) is 4.98 Å². The lowest BCUT2D eigenvalue weighted by Crippen LogP contribution is -1.95. The fourth-order valence-corrected chi connectivity index (χ4v) is 4.73. The third-order valence-electron chi connectivity index (χ3n) is 7.31. The van der Waals surface area contributed by atoms with Crippen LogP contribution < -0.4 is 0 Å². The SMILES string of the molecule is CC(C)c1ccc[nH]1.CC(C)c1cccnc1.CC(C)c1ccco1.CC(C)c1cccs1.CC(C)c1ccncc1.CC(C)n1ccnc1. The van der Waals surface area contributed by atoms with Gasteiger partial charge in [0.15, 0.2) is 0 Å². The number of aromatic amines is 1. The van der Waals surface area contributed by atoms with Crippen molar-refractivity contribution < 1.29 is 4.42 Å². The Bertz CT molecular complexity index is 1330. The maximum Gasteiger partial charge on any atom is 0.106 e. The standard InChI is InChI=1S/2C8H11N.C7H11N.C7H10O.C7H10S.C6H10N2/c1-7(2)8-3-5-9-6-4-8;1-7(2)8-4-3-5-9-6-8;3*1-6(2)7-4-3-5-8-7;1-6(2)8-4-3-7-5-8/h2*3-7H,1-2H3;3-6,8H,1-2H3;3*3-6H,1-2H3. The summed E-state index contributed by atoms with van der Waals surface area (Å²) in [4.78, 5) is 16.5. The largest absolute Gasteiger partial charge is 0.469 e. The van der Waals surface area contributed by atoms with Gasteiger partial charge < -0.3 is 14.0 Å². The number of hydrogen-bond donors (Lipinski definition) is 1. The zero-order chi connectivity index (χ0) is 37.3. The number of rotatable bonds is 6. The van der Waals surface area contributed by atoms with Gasteiger partial charge in [0, 0.05) is 65.9 Å². The van der Waals surface area contributed by atoms with Gasteiger partial charge in [-0.3, -0.25) is 9.97 Å². The average molecular weight is 698 g/mol. The van der Waals surface area contributed by atoms with Crippen molar-refractivity contribution in [1.29, 1.82) is 0 Å². The molecule has 0 unspecified atom stereocenters. The molecule has 0 fully saturated rings. The maximum atomic E-state index is 5.09. The molecule has 6 rings (SSSR count). The van der Waals surface area contributed by atoms with Crippen molar-refractivity contribution in [3.05, 3.63) is 149 Å². The van der Waals surface area contributed by atoms with Crippen LogP contribution in [0.2, 0.25) is 0 Å². The predicted molar refractivity (Wildman–Crippen MR) is 215 cm³/mol. The Labute approximate surface area is 307 Å². The minimum absolute atomic E-state index is 0.519. The quantitative estimate of drug-likeness (QED) is 0.188. The van der Waals surface area contributed by atoms with E-state index in [4.69, 9.17) is 4.42 Å². The van der Waals surface area contributed by atoms with E-state index >= 15 is 0 Å². The minimum Gasteiger partial charge on any atom is -0.469 e. The molecule has 0 saturated heterocycles. The highest BCUT2D eigenvalue weighted by Gasteiger charge is 1.99. The van der Waals surface area contributed by atoms with Crippen LogP contribution in [0.15, 0.2) is 126 Å². The van der Waals surface area contributed by atoms with Crippen LogP contribution in [-0.4, -0.2) is 24.5 Å². The Hall–Kier alpha value is -4.23. The van der Waals surface area contributed by atoms with Crippen LogP contribution in [0.1, 0.15) is 146 Å². The summed E-state index contributed by atoms with van der Waals surface area (Å²) in [6.07, 6.45) is 16.6. The van der Waals surface area contributed by atoms with E-state index < -0.39 is 0 Å². The number of nitrogens with zero attached hydrogens (tertiary/aromatic N) is 4. The van der Waals surface area contributed by atoms with Gasteiger partial charge >= 0.3 is 0 Å². The summed E-state index contributed by atoms with van der Waals surface area (Å²) in [5, 5.41) is 2.12. The first-order valence-electron chi connectivity index (χ1n) is 17.8. The lowest BCUT2D eigenvalue weighted by atomic mass is 10.1. The van der Waals surface area contributed by atoms with Crippen LogP contribution >= 0.6 is 11.3 Å². The van der Waals surface area contributed by atoms with Crippen molar-refractivity contribution in [2.24, 2.45) is 0 Å². The number of furan rings is 1. The van der Waals surface area contributed by atoms with Gasteiger partial charge in [0.2, 0.25) is 0 Å². The molecule has 7 heteroatoms. The average Bonchev–Trinajstić information content (AvgIpc) is 3.95. The van der Waals surface area contributed by atoms with Gasteiger partial charge in [0.25, 0.3) is 0 Å². The highest BCUT2D eigenvalue weighted by atomic mass is 32.1. The molecule has 6 heterocycles. The second-order valence-corrected chi connectivity index (χ2v) is 14.6. The molecule has 6 nitrogen and oxygen atoms in total. The molecule has 50 heavy (non-hydrogen) atoms. The normalized spacial score (nSPS) is 10.3. The van der Waals surface area contributed by atoms with E-state index in [9.17, 15) is 0 Å². The van der Waals surface area contributed by atoms with E-state index in [2.05, 4.69) is 137 Å². The molecule has 0 radical (unpaired) electrons. The fourth-order valence-electron chi connectivity index (χ4n) is 3.98. The Morgan fingerprint density at radius 2 is 1.30 bits per heavy atom. The van der Waals surface area contributed by atoms with E-state index in [0.29, 0.717) is 35.6 Å². The summed E-state index contributed by atoms with van der Waals surface area (Å²) in [5.74, 6) is 4.13. The van der Waals surface area contributed by atoms with E-state index in [1.807, 2.05) is 85.0 Å². The first-order valence-corrected chi connectivity index (χ1v) is 18.7. The lowest BCUT2D eigenvalue weighted by Gasteiger charge is -2.02. The second kappa shape index (κ2) is 25.7. The Morgan fingerprint density at radius 1 is 0.600 bits per heavy atom. The van der Waals surface area contributed by atoms with Crippen LogP contribution in [0.4, 0.5) is 0 Å². The van der Waals surface area contributed by atoms with Crippen molar-refractivity contribution >= 4 is 11.3 Å². The maximum absolute atomic E-state index is 5.09. The highest BCUT2D eigenvalue weighted by molar-refractivity contribution is 7.10. The summed E-state index contributed by atoms with van der Waals surface area (Å²) in [7, 11) is 0. The van der Waals surface area contributed by atoms with Gasteiger partial charge in [-0.15, -0.1) is 11.3 Å². The Kier molecular flexibility index (Phi) is 22.5. The van der Waals surface area contributed by atoms with E-state index in [0.717, 1.165) is 5.76 Å². The molecular formula is C43H63N5OS. The van der Waals surface area contributed by atoms with Gasteiger partial charge in [-0.2, -0.15) is 0 Å². The monoisotopic (exact) mass is 697 g/mol. The molecule has 0 spiro atoms. The molecule has 0 amide bonds. The lowest BCUT2D eigenvalue weighted by molar-refractivity contribution is 0.487. The predicted octanol–water partition coefficient (Wildman–Crippen LogP) is 13.3. The van der Waals surface area contributed by atoms with Crippen LogP contribution in [0.3, 0.4) is 0 Å². The van der Waals surface area contributed by atoms with Crippen LogP contribution in [0.25, 0.3) is 0 Å². The Morgan fingerprint density at radius 3 is 1.58 bits per heavy atom. The molecular weight excluding hydrogens is 635 g/mol. The number of H-pyrrole nitrogens is 1.